The highest BCUT2D eigenvalue weighted by Gasteiger charge is 2.44. The van der Waals surface area contributed by atoms with Crippen LogP contribution < -0.4 is 5.32 Å². The molecular weight excluding hydrogens is 238 g/mol. The van der Waals surface area contributed by atoms with Gasteiger partial charge < -0.3 is 4.74 Å². The molecule has 1 aliphatic rings. The lowest BCUT2D eigenvalue weighted by atomic mass is 9.95. The van der Waals surface area contributed by atoms with Crippen molar-refractivity contribution in [1.29, 1.82) is 0 Å². The van der Waals surface area contributed by atoms with Gasteiger partial charge in [0.2, 0.25) is 0 Å². The van der Waals surface area contributed by atoms with Crippen LogP contribution in [-0.2, 0) is 10.2 Å². The van der Waals surface area contributed by atoms with Crippen molar-refractivity contribution < 1.29 is 9.53 Å². The van der Waals surface area contributed by atoms with E-state index in [9.17, 15) is 4.79 Å². The van der Waals surface area contributed by atoms with E-state index in [0.717, 1.165) is 24.1 Å². The second kappa shape index (κ2) is 4.62. The van der Waals surface area contributed by atoms with Crippen molar-refractivity contribution in [2.24, 2.45) is 0 Å². The van der Waals surface area contributed by atoms with E-state index in [1.54, 1.807) is 0 Å². The molecule has 2 rings (SSSR count). The summed E-state index contributed by atoms with van der Waals surface area (Å²) in [6.07, 6.45) is 7.09. The van der Waals surface area contributed by atoms with E-state index in [2.05, 4.69) is 11.2 Å². The molecule has 1 aliphatic carbocycles. The fourth-order valence-corrected chi connectivity index (χ4v) is 2.04. The number of carbonyl (C=O) groups is 1. The van der Waals surface area contributed by atoms with Crippen LogP contribution in [0.5, 0.6) is 0 Å². The van der Waals surface area contributed by atoms with Gasteiger partial charge in [-0.25, -0.2) is 4.79 Å². The van der Waals surface area contributed by atoms with Crippen LogP contribution in [0.15, 0.2) is 24.3 Å². The predicted octanol–water partition coefficient (Wildman–Crippen LogP) is 3.70. The van der Waals surface area contributed by atoms with Crippen molar-refractivity contribution in [3.8, 4) is 12.3 Å². The number of hydrogen-bond donors (Lipinski definition) is 1. The lowest BCUT2D eigenvalue weighted by Gasteiger charge is -2.21. The molecule has 19 heavy (non-hydrogen) atoms. The van der Waals surface area contributed by atoms with Crippen molar-refractivity contribution in [1.82, 2.24) is 0 Å². The van der Waals surface area contributed by atoms with Crippen LogP contribution in [0.3, 0.4) is 0 Å². The largest absolute Gasteiger partial charge is 0.444 e. The number of rotatable bonds is 2. The smallest absolute Gasteiger partial charge is 0.412 e. The Morgan fingerprint density at radius 3 is 2.53 bits per heavy atom. The quantitative estimate of drug-likeness (QED) is 0.820. The van der Waals surface area contributed by atoms with Crippen molar-refractivity contribution in [3.63, 3.8) is 0 Å². The van der Waals surface area contributed by atoms with E-state index in [0.29, 0.717) is 0 Å². The number of ether oxygens (including phenoxy) is 1. The highest BCUT2D eigenvalue weighted by molar-refractivity contribution is 5.86. The van der Waals surface area contributed by atoms with E-state index in [1.165, 1.54) is 0 Å². The zero-order valence-electron chi connectivity index (χ0n) is 11.6. The van der Waals surface area contributed by atoms with Crippen molar-refractivity contribution >= 4 is 11.8 Å². The second-order valence-electron chi connectivity index (χ2n) is 5.90. The summed E-state index contributed by atoms with van der Waals surface area (Å²) in [5.41, 5.74) is 1.03. The maximum absolute atomic E-state index is 11.8. The standard InChI is InChI=1S/C16H19NO2/c1-5-16(10-11-16)12-8-6-7-9-13(12)17-14(18)19-15(2,3)4/h1,6-9H,10-11H2,2-4H3,(H,17,18). The molecule has 3 nitrogen and oxygen atoms in total. The monoisotopic (exact) mass is 257 g/mol. The molecule has 0 saturated heterocycles. The van der Waals surface area contributed by atoms with Gasteiger partial charge in [-0.1, -0.05) is 24.1 Å². The first-order chi connectivity index (χ1) is 8.86. The van der Waals surface area contributed by atoms with E-state index in [-0.39, 0.29) is 5.41 Å². The molecule has 1 aromatic rings. The van der Waals surface area contributed by atoms with E-state index < -0.39 is 11.7 Å². The van der Waals surface area contributed by atoms with E-state index in [4.69, 9.17) is 11.2 Å². The highest BCUT2D eigenvalue weighted by atomic mass is 16.6. The molecule has 0 aliphatic heterocycles. The highest BCUT2D eigenvalue weighted by Crippen LogP contribution is 2.50. The summed E-state index contributed by atoms with van der Waals surface area (Å²) in [4.78, 5) is 11.8. The number of carbonyl (C=O) groups excluding carboxylic acids is 1. The summed E-state index contributed by atoms with van der Waals surface area (Å²) >= 11 is 0. The number of hydrogen-bond acceptors (Lipinski definition) is 2. The van der Waals surface area contributed by atoms with Crippen LogP contribution in [0.4, 0.5) is 10.5 Å². The minimum absolute atomic E-state index is 0.203. The maximum Gasteiger partial charge on any atom is 0.412 e. The van der Waals surface area contributed by atoms with Gasteiger partial charge in [0.1, 0.15) is 5.60 Å². The van der Waals surface area contributed by atoms with Crippen LogP contribution in [0, 0.1) is 12.3 Å². The molecular formula is C16H19NO2. The Labute approximate surface area is 114 Å². The van der Waals surface area contributed by atoms with E-state index in [1.807, 2.05) is 45.0 Å². The Morgan fingerprint density at radius 2 is 2.00 bits per heavy atom. The molecule has 1 N–H and O–H groups in total. The summed E-state index contributed by atoms with van der Waals surface area (Å²) in [5.74, 6) is 2.84. The second-order valence-corrected chi connectivity index (χ2v) is 5.90. The van der Waals surface area contributed by atoms with Gasteiger partial charge in [-0.3, -0.25) is 5.32 Å². The minimum atomic E-state index is -0.511. The van der Waals surface area contributed by atoms with E-state index >= 15 is 0 Å². The van der Waals surface area contributed by atoms with Crippen LogP contribution in [-0.4, -0.2) is 11.7 Å². The van der Waals surface area contributed by atoms with Gasteiger partial charge in [0.05, 0.1) is 5.41 Å². The fourth-order valence-electron chi connectivity index (χ4n) is 2.04. The zero-order chi connectivity index (χ0) is 14.1. The van der Waals surface area contributed by atoms with Gasteiger partial charge in [-0.2, -0.15) is 0 Å². The van der Waals surface area contributed by atoms with Crippen LogP contribution in [0.2, 0.25) is 0 Å². The molecule has 0 radical (unpaired) electrons. The van der Waals surface area contributed by atoms with Crippen LogP contribution >= 0.6 is 0 Å². The summed E-state index contributed by atoms with van der Waals surface area (Å²) in [6.45, 7) is 5.51. The molecule has 0 spiro atoms. The first kappa shape index (κ1) is 13.5. The van der Waals surface area contributed by atoms with Crippen LogP contribution in [0.1, 0.15) is 39.2 Å². The average Bonchev–Trinajstić information content (AvgIpc) is 3.08. The lowest BCUT2D eigenvalue weighted by Crippen LogP contribution is -2.27. The van der Waals surface area contributed by atoms with Gasteiger partial charge in [0.15, 0.2) is 0 Å². The Kier molecular flexibility index (Phi) is 3.28. The summed E-state index contributed by atoms with van der Waals surface area (Å²) in [5, 5.41) is 2.79. The molecule has 0 aromatic heterocycles. The molecule has 1 fully saturated rings. The zero-order valence-corrected chi connectivity index (χ0v) is 11.6. The molecule has 0 unspecified atom stereocenters. The van der Waals surface area contributed by atoms with Gasteiger partial charge in [0, 0.05) is 5.69 Å². The maximum atomic E-state index is 11.8. The molecule has 0 heterocycles. The Morgan fingerprint density at radius 1 is 1.37 bits per heavy atom. The summed E-state index contributed by atoms with van der Waals surface area (Å²) < 4.78 is 5.26. The molecule has 0 atom stereocenters. The van der Waals surface area contributed by atoms with Crippen molar-refractivity contribution in [2.75, 3.05) is 5.32 Å². The number of amides is 1. The third kappa shape index (κ3) is 3.08. The van der Waals surface area contributed by atoms with Crippen molar-refractivity contribution in [3.05, 3.63) is 29.8 Å². The molecule has 100 valence electrons. The predicted molar refractivity (Wildman–Crippen MR) is 76.0 cm³/mol. The van der Waals surface area contributed by atoms with Gasteiger partial charge in [-0.15, -0.1) is 6.42 Å². The number of nitrogens with one attached hydrogen (secondary N) is 1. The SMILES string of the molecule is C#CC1(c2ccccc2NC(=O)OC(C)(C)C)CC1. The third-order valence-electron chi connectivity index (χ3n) is 3.10. The topological polar surface area (TPSA) is 38.3 Å². The summed E-state index contributed by atoms with van der Waals surface area (Å²) in [7, 11) is 0. The Bertz CT molecular complexity index is 530. The normalized spacial score (nSPS) is 16.3. The number of anilines is 1. The summed E-state index contributed by atoms with van der Waals surface area (Å²) in [6, 6.07) is 7.64. The lowest BCUT2D eigenvalue weighted by molar-refractivity contribution is 0.0636. The fraction of sp³-hybridized carbons (Fsp3) is 0.438. The Balaban J connectivity index is 2.18. The minimum Gasteiger partial charge on any atom is -0.444 e. The Hall–Kier alpha value is -1.95. The van der Waals surface area contributed by atoms with Gasteiger partial charge in [0.25, 0.3) is 0 Å². The first-order valence-electron chi connectivity index (χ1n) is 6.44. The third-order valence-corrected chi connectivity index (χ3v) is 3.10. The molecule has 1 aromatic carbocycles. The van der Waals surface area contributed by atoms with Gasteiger partial charge >= 0.3 is 6.09 Å². The molecule has 1 amide bonds. The number of benzene rings is 1. The number of para-hydroxylation sites is 1. The van der Waals surface area contributed by atoms with Crippen molar-refractivity contribution in [2.45, 2.75) is 44.6 Å². The first-order valence-corrected chi connectivity index (χ1v) is 6.44. The number of terminal acetylenes is 1. The average molecular weight is 257 g/mol. The van der Waals surface area contributed by atoms with Crippen LogP contribution in [0.25, 0.3) is 0 Å². The van der Waals surface area contributed by atoms with Gasteiger partial charge in [-0.05, 0) is 45.2 Å². The molecule has 3 heteroatoms. The molecule has 1 saturated carbocycles. The molecule has 0 bridgehead atoms.